The van der Waals surface area contributed by atoms with Gasteiger partial charge in [0.25, 0.3) is 0 Å². The predicted molar refractivity (Wildman–Crippen MR) is 43.1 cm³/mol. The molecule has 0 aromatic heterocycles. The molecule has 0 unspecified atom stereocenters. The van der Waals surface area contributed by atoms with E-state index in [2.05, 4.69) is 0 Å². The van der Waals surface area contributed by atoms with Crippen molar-refractivity contribution in [1.29, 1.82) is 0 Å². The molecule has 4 heteroatoms. The van der Waals surface area contributed by atoms with Gasteiger partial charge in [0.05, 0.1) is 26.4 Å². The maximum absolute atomic E-state index is 5.05. The topological polar surface area (TPSA) is 18.5 Å². The molecule has 0 aromatic carbocycles. The van der Waals surface area contributed by atoms with Gasteiger partial charge in [0.2, 0.25) is 0 Å². The van der Waals surface area contributed by atoms with E-state index in [9.17, 15) is 0 Å². The second-order valence-electron chi connectivity index (χ2n) is 1.60. The molecule has 0 radical (unpaired) electrons. The molecule has 0 aliphatic carbocycles. The van der Waals surface area contributed by atoms with Gasteiger partial charge in [0, 0.05) is 11.8 Å². The van der Waals surface area contributed by atoms with Gasteiger partial charge in [-0.3, -0.25) is 0 Å². The molecule has 1 heterocycles. The molecular weight excluding hydrogens is 175 g/mol. The lowest BCUT2D eigenvalue weighted by Crippen LogP contribution is -2.16. The van der Waals surface area contributed by atoms with Crippen molar-refractivity contribution in [2.45, 2.75) is 0 Å². The van der Waals surface area contributed by atoms with Crippen LogP contribution in [-0.2, 0) is 9.47 Å². The van der Waals surface area contributed by atoms with Crippen LogP contribution >= 0.6 is 23.2 Å². The van der Waals surface area contributed by atoms with E-state index >= 15 is 0 Å². The van der Waals surface area contributed by atoms with Crippen molar-refractivity contribution in [1.82, 2.24) is 0 Å². The van der Waals surface area contributed by atoms with Gasteiger partial charge in [-0.15, -0.1) is 23.2 Å². The largest absolute Gasteiger partial charge is 0.377 e. The van der Waals surface area contributed by atoms with Crippen molar-refractivity contribution >= 4 is 23.2 Å². The smallest absolute Gasteiger partial charge is 0.0701 e. The summed E-state index contributed by atoms with van der Waals surface area (Å²) in [6.45, 7) is 3.11. The molecule has 1 saturated heterocycles. The van der Waals surface area contributed by atoms with E-state index < -0.39 is 0 Å². The Kier molecular flexibility index (Phi) is 9.97. The standard InChI is InChI=1S/C4H8O2.C2H4Cl2/c1-2-6-4-3-5-1;3-1-2-4/h1-4H2;1-2H2. The van der Waals surface area contributed by atoms with Gasteiger partial charge in [-0.2, -0.15) is 0 Å². The molecule has 10 heavy (non-hydrogen) atoms. The number of hydrogen-bond donors (Lipinski definition) is 0. The molecule has 0 bridgehead atoms. The van der Waals surface area contributed by atoms with Gasteiger partial charge >= 0.3 is 0 Å². The second-order valence-corrected chi connectivity index (χ2v) is 2.36. The minimum absolute atomic E-state index is 0.557. The summed E-state index contributed by atoms with van der Waals surface area (Å²) < 4.78 is 9.89. The van der Waals surface area contributed by atoms with Crippen molar-refractivity contribution < 1.29 is 9.47 Å². The van der Waals surface area contributed by atoms with Gasteiger partial charge < -0.3 is 9.47 Å². The lowest BCUT2D eigenvalue weighted by molar-refractivity contribution is -0.0334. The van der Waals surface area contributed by atoms with E-state index in [1.54, 1.807) is 0 Å². The first-order valence-electron chi connectivity index (χ1n) is 3.19. The average Bonchev–Trinajstić information content (AvgIpc) is 2.08. The summed E-state index contributed by atoms with van der Waals surface area (Å²) in [5, 5.41) is 0. The summed E-state index contributed by atoms with van der Waals surface area (Å²) in [7, 11) is 0. The number of alkyl halides is 2. The van der Waals surface area contributed by atoms with Crippen LogP contribution in [0.5, 0.6) is 0 Å². The number of halogens is 2. The molecule has 2 nitrogen and oxygen atoms in total. The van der Waals surface area contributed by atoms with Gasteiger partial charge in [-0.25, -0.2) is 0 Å². The minimum atomic E-state index is 0.557. The summed E-state index contributed by atoms with van der Waals surface area (Å²) in [5.74, 6) is 1.11. The Labute approximate surface area is 71.4 Å². The average molecular weight is 187 g/mol. The maximum atomic E-state index is 5.05. The van der Waals surface area contributed by atoms with E-state index in [1.807, 2.05) is 0 Å². The van der Waals surface area contributed by atoms with Crippen LogP contribution in [0, 0.1) is 0 Å². The predicted octanol–water partition coefficient (Wildman–Crippen LogP) is 1.50. The molecule has 1 aliphatic heterocycles. The maximum Gasteiger partial charge on any atom is 0.0701 e. The Hall–Kier alpha value is 0.500. The lowest BCUT2D eigenvalue weighted by atomic mass is 10.6. The number of rotatable bonds is 1. The third kappa shape index (κ3) is 8.50. The van der Waals surface area contributed by atoms with E-state index in [-0.39, 0.29) is 0 Å². The van der Waals surface area contributed by atoms with Crippen LogP contribution in [0.25, 0.3) is 0 Å². The van der Waals surface area contributed by atoms with Gasteiger partial charge in [0.15, 0.2) is 0 Å². The first kappa shape index (κ1) is 10.5. The molecule has 0 atom stereocenters. The Bertz CT molecular complexity index is 44.2. The fraction of sp³-hybridized carbons (Fsp3) is 1.00. The highest BCUT2D eigenvalue weighted by Crippen LogP contribution is 1.85. The molecule has 0 aromatic rings. The second kappa shape index (κ2) is 9.50. The van der Waals surface area contributed by atoms with Crippen LogP contribution in [0.3, 0.4) is 0 Å². The van der Waals surface area contributed by atoms with Gasteiger partial charge in [-0.1, -0.05) is 0 Å². The molecule has 1 fully saturated rings. The monoisotopic (exact) mass is 186 g/mol. The fourth-order valence-electron chi connectivity index (χ4n) is 0.440. The first-order chi connectivity index (χ1) is 4.91. The van der Waals surface area contributed by atoms with Crippen LogP contribution in [0.2, 0.25) is 0 Å². The Morgan fingerprint density at radius 2 is 1.10 bits per heavy atom. The number of hydrogen-bond acceptors (Lipinski definition) is 2. The minimum Gasteiger partial charge on any atom is -0.377 e. The summed E-state index contributed by atoms with van der Waals surface area (Å²) in [5.41, 5.74) is 0. The SMILES string of the molecule is C1COCCO1.ClCCCl. The molecule has 0 saturated carbocycles. The molecule has 0 amide bonds. The van der Waals surface area contributed by atoms with E-state index in [0.717, 1.165) is 26.4 Å². The molecular formula is C6H12Cl2O2. The van der Waals surface area contributed by atoms with Crippen LogP contribution in [0.4, 0.5) is 0 Å². The van der Waals surface area contributed by atoms with Crippen molar-refractivity contribution in [2.24, 2.45) is 0 Å². The number of ether oxygens (including phenoxy) is 2. The lowest BCUT2D eigenvalue weighted by Gasteiger charge is -2.09. The zero-order chi connectivity index (χ0) is 7.66. The molecule has 0 N–H and O–H groups in total. The third-order valence-corrected chi connectivity index (χ3v) is 1.39. The Balaban J connectivity index is 0.000000180. The van der Waals surface area contributed by atoms with E-state index in [1.165, 1.54) is 0 Å². The zero-order valence-corrected chi connectivity index (χ0v) is 7.33. The first-order valence-corrected chi connectivity index (χ1v) is 4.26. The quantitative estimate of drug-likeness (QED) is 0.579. The van der Waals surface area contributed by atoms with Crippen LogP contribution in [0.15, 0.2) is 0 Å². The molecule has 0 spiro atoms. The van der Waals surface area contributed by atoms with Crippen LogP contribution in [-0.4, -0.2) is 38.2 Å². The van der Waals surface area contributed by atoms with Crippen molar-refractivity contribution in [3.63, 3.8) is 0 Å². The Morgan fingerprint density at radius 3 is 1.20 bits per heavy atom. The third-order valence-electron chi connectivity index (χ3n) is 0.815. The van der Waals surface area contributed by atoms with Crippen LogP contribution < -0.4 is 0 Å². The summed E-state index contributed by atoms with van der Waals surface area (Å²) in [6.07, 6.45) is 0. The molecule has 62 valence electrons. The van der Waals surface area contributed by atoms with Crippen LogP contribution in [0.1, 0.15) is 0 Å². The highest BCUT2D eigenvalue weighted by molar-refractivity contribution is 6.25. The summed E-state index contributed by atoms with van der Waals surface area (Å²) in [4.78, 5) is 0. The van der Waals surface area contributed by atoms with Crippen molar-refractivity contribution in [3.8, 4) is 0 Å². The normalized spacial score (nSPS) is 17.4. The van der Waals surface area contributed by atoms with E-state index in [4.69, 9.17) is 32.7 Å². The highest BCUT2D eigenvalue weighted by atomic mass is 35.5. The van der Waals surface area contributed by atoms with Crippen molar-refractivity contribution in [2.75, 3.05) is 38.2 Å². The summed E-state index contributed by atoms with van der Waals surface area (Å²) >= 11 is 10.1. The van der Waals surface area contributed by atoms with Crippen molar-refractivity contribution in [3.05, 3.63) is 0 Å². The van der Waals surface area contributed by atoms with Gasteiger partial charge in [0.1, 0.15) is 0 Å². The van der Waals surface area contributed by atoms with Gasteiger partial charge in [-0.05, 0) is 0 Å². The fourth-order valence-corrected chi connectivity index (χ4v) is 0.440. The summed E-state index contributed by atoms with van der Waals surface area (Å²) in [6, 6.07) is 0. The van der Waals surface area contributed by atoms with E-state index in [0.29, 0.717) is 11.8 Å². The molecule has 1 rings (SSSR count). The Morgan fingerprint density at radius 1 is 0.800 bits per heavy atom. The zero-order valence-electron chi connectivity index (χ0n) is 5.82. The molecule has 1 aliphatic rings. The highest BCUT2D eigenvalue weighted by Gasteiger charge is 1.94.